The van der Waals surface area contributed by atoms with Gasteiger partial charge in [0.25, 0.3) is 0 Å². The van der Waals surface area contributed by atoms with E-state index in [1.54, 1.807) is 0 Å². The summed E-state index contributed by atoms with van der Waals surface area (Å²) in [6, 6.07) is 10.1. The fraction of sp³-hybridized carbons (Fsp3) is 0.667. The van der Waals surface area contributed by atoms with Crippen molar-refractivity contribution in [2.24, 2.45) is 4.99 Å². The summed E-state index contributed by atoms with van der Waals surface area (Å²) in [6.45, 7) is 14.5. The van der Waals surface area contributed by atoms with Gasteiger partial charge in [0, 0.05) is 25.7 Å². The molecule has 1 aromatic rings. The van der Waals surface area contributed by atoms with Gasteiger partial charge in [0.1, 0.15) is 5.60 Å². The van der Waals surface area contributed by atoms with Crippen molar-refractivity contribution < 1.29 is 9.53 Å². The van der Waals surface area contributed by atoms with Gasteiger partial charge in [0.05, 0.1) is 12.6 Å². The third-order valence-corrected chi connectivity index (χ3v) is 5.14. The molecule has 1 amide bonds. The molecule has 0 aromatic heterocycles. The van der Waals surface area contributed by atoms with Crippen molar-refractivity contribution in [1.82, 2.24) is 20.9 Å². The summed E-state index contributed by atoms with van der Waals surface area (Å²) in [7, 11) is 0. The highest BCUT2D eigenvalue weighted by Crippen LogP contribution is 2.15. The first kappa shape index (κ1) is 25.0. The van der Waals surface area contributed by atoms with Gasteiger partial charge in [-0.3, -0.25) is 4.99 Å². The number of alkyl carbamates (subject to hydrolysis) is 1. The van der Waals surface area contributed by atoms with E-state index >= 15 is 0 Å². The molecule has 1 atom stereocenters. The second-order valence-corrected chi connectivity index (χ2v) is 9.09. The molecule has 31 heavy (non-hydrogen) atoms. The third kappa shape index (κ3) is 9.59. The first-order chi connectivity index (χ1) is 14.8. The summed E-state index contributed by atoms with van der Waals surface area (Å²) in [6.07, 6.45) is 3.00. The standard InChI is InChI=1S/C24H41N5O2/c1-6-15-29-16-13-20(14-17-29)27-22(25-7-2)26-18-21(19-11-9-8-10-12-19)28-23(30)31-24(3,4)5/h8-12,20-21H,6-7,13-18H2,1-5H3,(H,28,30)(H2,25,26,27). The molecule has 3 N–H and O–H groups in total. The Labute approximate surface area is 188 Å². The molecular weight excluding hydrogens is 390 g/mol. The van der Waals surface area contributed by atoms with Crippen LogP contribution in [0.25, 0.3) is 0 Å². The Bertz CT molecular complexity index is 679. The zero-order chi connectivity index (χ0) is 22.7. The number of hydrogen-bond acceptors (Lipinski definition) is 4. The summed E-state index contributed by atoms with van der Waals surface area (Å²) in [5, 5.41) is 9.91. The van der Waals surface area contributed by atoms with Gasteiger partial charge in [0.15, 0.2) is 5.96 Å². The maximum Gasteiger partial charge on any atom is 0.408 e. The Morgan fingerprint density at radius 3 is 2.45 bits per heavy atom. The van der Waals surface area contributed by atoms with E-state index in [-0.39, 0.29) is 6.04 Å². The molecule has 1 saturated heterocycles. The summed E-state index contributed by atoms with van der Waals surface area (Å²) in [5.74, 6) is 0.795. The quantitative estimate of drug-likeness (QED) is 0.432. The normalized spacial score (nSPS) is 17.1. The predicted octanol–water partition coefficient (Wildman–Crippen LogP) is 3.68. The van der Waals surface area contributed by atoms with Crippen LogP contribution in [0.1, 0.15) is 65.5 Å². The molecule has 0 aliphatic carbocycles. The van der Waals surface area contributed by atoms with Crippen LogP contribution in [0, 0.1) is 0 Å². The number of likely N-dealkylation sites (tertiary alicyclic amines) is 1. The minimum atomic E-state index is -0.544. The fourth-order valence-electron chi connectivity index (χ4n) is 3.68. The largest absolute Gasteiger partial charge is 0.444 e. The minimum Gasteiger partial charge on any atom is -0.444 e. The lowest BCUT2D eigenvalue weighted by molar-refractivity contribution is 0.0505. The molecular formula is C24H41N5O2. The Morgan fingerprint density at radius 2 is 1.87 bits per heavy atom. The average Bonchev–Trinajstić information content (AvgIpc) is 2.72. The number of aliphatic imine (C=N–C) groups is 1. The molecule has 1 aromatic carbocycles. The van der Waals surface area contributed by atoms with Crippen LogP contribution in [0.4, 0.5) is 4.79 Å². The lowest BCUT2D eigenvalue weighted by Gasteiger charge is -2.33. The van der Waals surface area contributed by atoms with Crippen molar-refractivity contribution in [3.05, 3.63) is 35.9 Å². The van der Waals surface area contributed by atoms with Crippen LogP contribution in [0.5, 0.6) is 0 Å². The van der Waals surface area contributed by atoms with E-state index < -0.39 is 11.7 Å². The van der Waals surface area contributed by atoms with Gasteiger partial charge in [0.2, 0.25) is 0 Å². The lowest BCUT2D eigenvalue weighted by Crippen LogP contribution is -2.49. The number of guanidine groups is 1. The highest BCUT2D eigenvalue weighted by molar-refractivity contribution is 5.80. The number of piperidine rings is 1. The fourth-order valence-corrected chi connectivity index (χ4v) is 3.68. The number of nitrogens with one attached hydrogen (secondary N) is 3. The SMILES string of the molecule is CCCN1CCC(NC(=NCC(NC(=O)OC(C)(C)C)c2ccccc2)NCC)CC1. The van der Waals surface area contributed by atoms with Crippen molar-refractivity contribution in [3.8, 4) is 0 Å². The van der Waals surface area contributed by atoms with E-state index in [0.29, 0.717) is 12.6 Å². The van der Waals surface area contributed by atoms with Crippen LogP contribution >= 0.6 is 0 Å². The number of amides is 1. The molecule has 1 aliphatic heterocycles. The molecule has 2 rings (SSSR count). The number of hydrogen-bond donors (Lipinski definition) is 3. The first-order valence-corrected chi connectivity index (χ1v) is 11.6. The Kier molecular flexibility index (Phi) is 10.1. The van der Waals surface area contributed by atoms with Crippen LogP contribution in [-0.4, -0.2) is 61.3 Å². The van der Waals surface area contributed by atoms with Gasteiger partial charge in [-0.25, -0.2) is 4.79 Å². The van der Waals surface area contributed by atoms with E-state index in [4.69, 9.17) is 9.73 Å². The second-order valence-electron chi connectivity index (χ2n) is 9.09. The maximum absolute atomic E-state index is 12.4. The summed E-state index contributed by atoms with van der Waals surface area (Å²) < 4.78 is 5.46. The summed E-state index contributed by atoms with van der Waals surface area (Å²) in [5.41, 5.74) is 0.457. The molecule has 0 radical (unpaired) electrons. The number of carbonyl (C=O) groups is 1. The molecule has 1 aliphatic rings. The van der Waals surface area contributed by atoms with Crippen molar-refractivity contribution in [2.45, 2.75) is 71.6 Å². The molecule has 1 fully saturated rings. The molecule has 1 heterocycles. The molecule has 174 valence electrons. The molecule has 1 unspecified atom stereocenters. The number of benzene rings is 1. The minimum absolute atomic E-state index is 0.266. The van der Waals surface area contributed by atoms with Crippen molar-refractivity contribution in [2.75, 3.05) is 32.7 Å². The number of rotatable bonds is 8. The lowest BCUT2D eigenvalue weighted by atomic mass is 10.1. The number of carbonyl (C=O) groups excluding carboxylic acids is 1. The topological polar surface area (TPSA) is 78.0 Å². The zero-order valence-electron chi connectivity index (χ0n) is 19.9. The smallest absolute Gasteiger partial charge is 0.408 e. The van der Waals surface area contributed by atoms with Crippen molar-refractivity contribution >= 4 is 12.1 Å². The summed E-state index contributed by atoms with van der Waals surface area (Å²) >= 11 is 0. The Morgan fingerprint density at radius 1 is 1.19 bits per heavy atom. The zero-order valence-corrected chi connectivity index (χ0v) is 19.9. The Balaban J connectivity index is 2.03. The molecule has 0 bridgehead atoms. The summed E-state index contributed by atoms with van der Waals surface area (Å²) in [4.78, 5) is 19.7. The van der Waals surface area contributed by atoms with E-state index in [1.165, 1.54) is 13.0 Å². The van der Waals surface area contributed by atoms with Crippen LogP contribution in [-0.2, 0) is 4.74 Å². The highest BCUT2D eigenvalue weighted by Gasteiger charge is 2.22. The van der Waals surface area contributed by atoms with Crippen LogP contribution in [0.15, 0.2) is 35.3 Å². The van der Waals surface area contributed by atoms with Gasteiger partial charge in [-0.15, -0.1) is 0 Å². The van der Waals surface area contributed by atoms with E-state index in [2.05, 4.69) is 34.7 Å². The van der Waals surface area contributed by atoms with Gasteiger partial charge in [-0.05, 0) is 59.1 Å². The van der Waals surface area contributed by atoms with E-state index in [1.807, 2.05) is 51.1 Å². The molecule has 7 heteroatoms. The Hall–Kier alpha value is -2.28. The van der Waals surface area contributed by atoms with Gasteiger partial charge < -0.3 is 25.6 Å². The maximum atomic E-state index is 12.4. The van der Waals surface area contributed by atoms with Crippen LogP contribution in [0.2, 0.25) is 0 Å². The molecule has 0 saturated carbocycles. The first-order valence-electron chi connectivity index (χ1n) is 11.6. The van der Waals surface area contributed by atoms with Crippen molar-refractivity contribution in [1.29, 1.82) is 0 Å². The van der Waals surface area contributed by atoms with E-state index in [9.17, 15) is 4.79 Å². The van der Waals surface area contributed by atoms with Gasteiger partial charge >= 0.3 is 6.09 Å². The second kappa shape index (κ2) is 12.5. The molecule has 0 spiro atoms. The van der Waals surface area contributed by atoms with Gasteiger partial charge in [-0.1, -0.05) is 37.3 Å². The monoisotopic (exact) mass is 431 g/mol. The van der Waals surface area contributed by atoms with E-state index in [0.717, 1.165) is 44.0 Å². The van der Waals surface area contributed by atoms with Gasteiger partial charge in [-0.2, -0.15) is 0 Å². The highest BCUT2D eigenvalue weighted by atomic mass is 16.6. The van der Waals surface area contributed by atoms with Crippen LogP contribution < -0.4 is 16.0 Å². The van der Waals surface area contributed by atoms with Crippen LogP contribution in [0.3, 0.4) is 0 Å². The average molecular weight is 432 g/mol. The van der Waals surface area contributed by atoms with Crippen molar-refractivity contribution in [3.63, 3.8) is 0 Å². The predicted molar refractivity (Wildman–Crippen MR) is 127 cm³/mol. The number of ether oxygens (including phenoxy) is 1. The third-order valence-electron chi connectivity index (χ3n) is 5.14. The molecule has 7 nitrogen and oxygen atoms in total. The number of nitrogens with zero attached hydrogens (tertiary/aromatic N) is 2.